The predicted octanol–water partition coefficient (Wildman–Crippen LogP) is 1.55. The Hall–Kier alpha value is -1.34. The molecule has 0 aliphatic heterocycles. The molecule has 0 amide bonds. The monoisotopic (exact) mass is 202 g/mol. The summed E-state index contributed by atoms with van der Waals surface area (Å²) in [5.41, 5.74) is -1.28. The van der Waals surface area contributed by atoms with Crippen LogP contribution in [-0.2, 0) is 6.18 Å². The molecule has 1 heterocycles. The lowest BCUT2D eigenvalue weighted by Crippen LogP contribution is -2.18. The third-order valence-electron chi connectivity index (χ3n) is 1.04. The summed E-state index contributed by atoms with van der Waals surface area (Å²) in [7, 11) is 0. The number of hydrogen-bond acceptors (Lipinski definition) is 2. The van der Waals surface area contributed by atoms with E-state index in [4.69, 9.17) is 0 Å². The van der Waals surface area contributed by atoms with Crippen LogP contribution in [0.5, 0.6) is 0 Å². The first-order valence-corrected chi connectivity index (χ1v) is 2.98. The van der Waals surface area contributed by atoms with Crippen molar-refractivity contribution in [2.45, 2.75) is 12.8 Å². The largest absolute Gasteiger partial charge is 0.435 e. The summed E-state index contributed by atoms with van der Waals surface area (Å²) in [6.07, 6.45) is -4.01. The molecule has 0 aromatic carbocycles. The summed E-state index contributed by atoms with van der Waals surface area (Å²) in [4.78, 5) is 3.63. The highest BCUT2D eigenvalue weighted by molar-refractivity contribution is 5.02. The Kier molecular flexibility index (Phi) is 2.39. The zero-order valence-corrected chi connectivity index (χ0v) is 5.92. The van der Waals surface area contributed by atoms with E-state index in [9.17, 15) is 22.0 Å². The summed E-state index contributed by atoms with van der Waals surface area (Å²) in [6, 6.07) is 0.530. The van der Waals surface area contributed by atoms with Gasteiger partial charge in [-0.25, -0.2) is 0 Å². The molecule has 0 saturated heterocycles. The number of hydrogen-bond donors (Lipinski definition) is 0. The minimum atomic E-state index is -4.66. The minimum absolute atomic E-state index is 0.0630. The summed E-state index contributed by atoms with van der Waals surface area (Å²) >= 11 is 0. The number of rotatable bonds is 2. The molecule has 0 spiro atoms. The van der Waals surface area contributed by atoms with Crippen molar-refractivity contribution in [2.24, 2.45) is 0 Å². The van der Waals surface area contributed by atoms with Crippen molar-refractivity contribution in [1.82, 2.24) is 9.94 Å². The fourth-order valence-electron chi connectivity index (χ4n) is 0.599. The Morgan fingerprint density at radius 3 is 2.38 bits per heavy atom. The Morgan fingerprint density at radius 1 is 1.38 bits per heavy atom. The molecule has 0 fully saturated rings. The number of nitrogens with zero attached hydrogens (tertiary/aromatic N) is 2. The molecule has 13 heavy (non-hydrogen) atoms. The zero-order valence-electron chi connectivity index (χ0n) is 5.92. The van der Waals surface area contributed by atoms with E-state index in [0.717, 1.165) is 0 Å². The second-order valence-corrected chi connectivity index (χ2v) is 1.97. The highest BCUT2D eigenvalue weighted by Gasteiger charge is 2.33. The van der Waals surface area contributed by atoms with E-state index in [0.29, 0.717) is 12.3 Å². The van der Waals surface area contributed by atoms with Crippen LogP contribution in [0.2, 0.25) is 0 Å². The molecule has 1 aromatic rings. The molecule has 3 nitrogen and oxygen atoms in total. The van der Waals surface area contributed by atoms with Gasteiger partial charge < -0.3 is 4.84 Å². The van der Waals surface area contributed by atoms with Crippen molar-refractivity contribution in [3.8, 4) is 0 Å². The second-order valence-electron chi connectivity index (χ2n) is 1.97. The topological polar surface area (TPSA) is 27.1 Å². The molecule has 1 aromatic heterocycles. The summed E-state index contributed by atoms with van der Waals surface area (Å²) in [5.74, 6) is 0. The fraction of sp³-hybridized carbons (Fsp3) is 0.400. The van der Waals surface area contributed by atoms with Crippen molar-refractivity contribution in [3.05, 3.63) is 18.0 Å². The molecule has 0 saturated carbocycles. The third kappa shape index (κ3) is 2.56. The van der Waals surface area contributed by atoms with E-state index >= 15 is 0 Å². The first-order valence-electron chi connectivity index (χ1n) is 2.98. The first kappa shape index (κ1) is 9.75. The standard InChI is InChI=1S/C5H3F5N2O/c6-4(7)13-12-2-1-3(11-12)5(8,9)10/h1-2,4H. The van der Waals surface area contributed by atoms with E-state index in [1.54, 1.807) is 0 Å². The van der Waals surface area contributed by atoms with E-state index in [2.05, 4.69) is 9.94 Å². The summed E-state index contributed by atoms with van der Waals surface area (Å²) in [6.45, 7) is -3.21. The van der Waals surface area contributed by atoms with Crippen LogP contribution in [0.4, 0.5) is 22.0 Å². The Balaban J connectivity index is 2.75. The van der Waals surface area contributed by atoms with E-state index in [1.807, 2.05) is 0 Å². The maximum Gasteiger partial charge on any atom is 0.435 e. The lowest BCUT2D eigenvalue weighted by molar-refractivity contribution is -0.156. The summed E-state index contributed by atoms with van der Waals surface area (Å²) in [5, 5.41) is 2.71. The van der Waals surface area contributed by atoms with Crippen molar-refractivity contribution < 1.29 is 26.8 Å². The van der Waals surface area contributed by atoms with Crippen molar-refractivity contribution in [2.75, 3.05) is 0 Å². The van der Waals surface area contributed by atoms with Gasteiger partial charge in [-0.15, -0.1) is 9.94 Å². The maximum absolute atomic E-state index is 11.8. The smallest absolute Gasteiger partial charge is 0.327 e. The number of halogens is 5. The predicted molar refractivity (Wildman–Crippen MR) is 29.8 cm³/mol. The van der Waals surface area contributed by atoms with Gasteiger partial charge in [0.2, 0.25) is 0 Å². The number of alkyl halides is 5. The Bertz CT molecular complexity index is 281. The normalized spacial score (nSPS) is 12.2. The van der Waals surface area contributed by atoms with E-state index < -0.39 is 18.5 Å². The molecule has 0 bridgehead atoms. The quantitative estimate of drug-likeness (QED) is 0.680. The maximum atomic E-state index is 11.8. The van der Waals surface area contributed by atoms with Crippen LogP contribution in [0.25, 0.3) is 0 Å². The van der Waals surface area contributed by atoms with Crippen molar-refractivity contribution in [3.63, 3.8) is 0 Å². The highest BCUT2D eigenvalue weighted by atomic mass is 19.4. The van der Waals surface area contributed by atoms with Crippen LogP contribution in [0.1, 0.15) is 5.69 Å². The van der Waals surface area contributed by atoms with Crippen molar-refractivity contribution >= 4 is 0 Å². The van der Waals surface area contributed by atoms with Crippen LogP contribution < -0.4 is 4.84 Å². The van der Waals surface area contributed by atoms with Gasteiger partial charge in [-0.1, -0.05) is 0 Å². The van der Waals surface area contributed by atoms with Gasteiger partial charge in [0.25, 0.3) is 0 Å². The Morgan fingerprint density at radius 2 is 2.00 bits per heavy atom. The van der Waals surface area contributed by atoms with Crippen LogP contribution in [0.3, 0.4) is 0 Å². The van der Waals surface area contributed by atoms with Gasteiger partial charge in [0.15, 0.2) is 5.69 Å². The zero-order chi connectivity index (χ0) is 10.1. The third-order valence-corrected chi connectivity index (χ3v) is 1.04. The van der Waals surface area contributed by atoms with E-state index in [-0.39, 0.29) is 4.85 Å². The lowest BCUT2D eigenvalue weighted by atomic mass is 10.4. The fourth-order valence-corrected chi connectivity index (χ4v) is 0.599. The van der Waals surface area contributed by atoms with Crippen LogP contribution in [-0.4, -0.2) is 16.6 Å². The van der Waals surface area contributed by atoms with Crippen LogP contribution in [0.15, 0.2) is 12.3 Å². The SMILES string of the molecule is FC(F)On1ccc(C(F)(F)F)n1. The molecule has 0 atom stereocenters. The highest BCUT2D eigenvalue weighted by Crippen LogP contribution is 2.26. The molecular formula is C5H3F5N2O. The van der Waals surface area contributed by atoms with Crippen LogP contribution >= 0.6 is 0 Å². The molecule has 74 valence electrons. The molecule has 1 rings (SSSR count). The molecule has 0 aliphatic carbocycles. The van der Waals surface area contributed by atoms with Gasteiger partial charge in [-0.2, -0.15) is 22.0 Å². The average molecular weight is 202 g/mol. The van der Waals surface area contributed by atoms with Crippen LogP contribution in [0, 0.1) is 0 Å². The molecule has 0 N–H and O–H groups in total. The molecule has 0 unspecified atom stereocenters. The molecule has 8 heteroatoms. The molecule has 0 aliphatic rings. The molecule has 0 radical (unpaired) electrons. The first-order chi connectivity index (χ1) is 5.89. The minimum Gasteiger partial charge on any atom is -0.327 e. The van der Waals surface area contributed by atoms with Gasteiger partial charge >= 0.3 is 12.8 Å². The average Bonchev–Trinajstić information content (AvgIpc) is 2.32. The summed E-state index contributed by atoms with van der Waals surface area (Å²) < 4.78 is 58.4. The number of aromatic nitrogens is 2. The second kappa shape index (κ2) is 3.19. The van der Waals surface area contributed by atoms with E-state index in [1.165, 1.54) is 0 Å². The van der Waals surface area contributed by atoms with Gasteiger partial charge in [-0.05, 0) is 6.07 Å². The Labute approximate surface area is 68.7 Å². The molecular weight excluding hydrogens is 199 g/mol. The van der Waals surface area contributed by atoms with Gasteiger partial charge in [0.05, 0.1) is 6.20 Å². The van der Waals surface area contributed by atoms with Gasteiger partial charge in [0.1, 0.15) is 0 Å². The van der Waals surface area contributed by atoms with Crippen molar-refractivity contribution in [1.29, 1.82) is 0 Å². The van der Waals surface area contributed by atoms with Gasteiger partial charge in [0, 0.05) is 0 Å². The lowest BCUT2D eigenvalue weighted by Gasteiger charge is -2.02. The van der Waals surface area contributed by atoms with Gasteiger partial charge in [-0.3, -0.25) is 0 Å².